The Morgan fingerprint density at radius 1 is 1.24 bits per heavy atom. The standard InChI is InChI=1S/C16H20ClN3O/c17-11-7-10-12(19-16(21)15(10)18)8-14(11)20-6-2-4-9-3-1-5-13(9)20/h7-9,13,15H,1-6,18H2,(H,19,21). The van der Waals surface area contributed by atoms with Gasteiger partial charge in [0, 0.05) is 23.8 Å². The van der Waals surface area contributed by atoms with E-state index in [2.05, 4.69) is 10.2 Å². The average Bonchev–Trinajstić information content (AvgIpc) is 3.05. The Morgan fingerprint density at radius 2 is 2.05 bits per heavy atom. The lowest BCUT2D eigenvalue weighted by atomic mass is 9.91. The molecule has 1 aliphatic carbocycles. The van der Waals surface area contributed by atoms with Crippen LogP contribution < -0.4 is 16.0 Å². The molecule has 21 heavy (non-hydrogen) atoms. The van der Waals surface area contributed by atoms with Crippen molar-refractivity contribution in [3.63, 3.8) is 0 Å². The second-order valence-corrected chi connectivity index (χ2v) is 6.86. The summed E-state index contributed by atoms with van der Waals surface area (Å²) < 4.78 is 0. The number of hydrogen-bond acceptors (Lipinski definition) is 3. The Hall–Kier alpha value is -1.26. The van der Waals surface area contributed by atoms with Gasteiger partial charge in [0.15, 0.2) is 0 Å². The molecule has 1 aromatic carbocycles. The van der Waals surface area contributed by atoms with Gasteiger partial charge in [0.1, 0.15) is 6.04 Å². The molecule has 0 radical (unpaired) electrons. The van der Waals surface area contributed by atoms with Crippen LogP contribution in [0.15, 0.2) is 12.1 Å². The third-order valence-electron chi connectivity index (χ3n) is 5.30. The van der Waals surface area contributed by atoms with E-state index in [0.29, 0.717) is 11.1 Å². The number of fused-ring (bicyclic) bond motifs is 2. The quantitative estimate of drug-likeness (QED) is 0.838. The first-order valence-electron chi connectivity index (χ1n) is 7.81. The summed E-state index contributed by atoms with van der Waals surface area (Å²) in [5.74, 6) is 0.663. The van der Waals surface area contributed by atoms with Crippen LogP contribution >= 0.6 is 11.6 Å². The van der Waals surface area contributed by atoms with Gasteiger partial charge in [-0.1, -0.05) is 18.0 Å². The number of halogens is 1. The molecule has 3 N–H and O–H groups in total. The molecule has 3 atom stereocenters. The van der Waals surface area contributed by atoms with Gasteiger partial charge in [0.2, 0.25) is 5.91 Å². The number of amides is 1. The molecule has 2 heterocycles. The van der Waals surface area contributed by atoms with Crippen LogP contribution in [-0.2, 0) is 4.79 Å². The minimum atomic E-state index is -0.591. The molecule has 3 aliphatic rings. The molecule has 3 unspecified atom stereocenters. The maximum atomic E-state index is 11.7. The lowest BCUT2D eigenvalue weighted by Crippen LogP contribution is -2.42. The molecule has 112 valence electrons. The fourth-order valence-electron chi connectivity index (χ4n) is 4.27. The number of piperidine rings is 1. The van der Waals surface area contributed by atoms with Crippen molar-refractivity contribution < 1.29 is 4.79 Å². The van der Waals surface area contributed by atoms with E-state index in [1.807, 2.05) is 12.1 Å². The number of nitrogens with one attached hydrogen (secondary N) is 1. The Kier molecular flexibility index (Phi) is 3.12. The molecule has 0 aromatic heterocycles. The molecule has 1 saturated carbocycles. The summed E-state index contributed by atoms with van der Waals surface area (Å²) in [5, 5.41) is 3.58. The summed E-state index contributed by atoms with van der Waals surface area (Å²) >= 11 is 6.51. The van der Waals surface area contributed by atoms with Gasteiger partial charge >= 0.3 is 0 Å². The highest BCUT2D eigenvalue weighted by Crippen LogP contribution is 2.44. The molecule has 5 heteroatoms. The Morgan fingerprint density at radius 3 is 2.90 bits per heavy atom. The maximum absolute atomic E-state index is 11.7. The molecule has 0 bridgehead atoms. The lowest BCUT2D eigenvalue weighted by molar-refractivity contribution is -0.116. The fourth-order valence-corrected chi connectivity index (χ4v) is 4.55. The summed E-state index contributed by atoms with van der Waals surface area (Å²) in [6.45, 7) is 1.06. The van der Waals surface area contributed by atoms with E-state index in [-0.39, 0.29) is 5.91 Å². The van der Waals surface area contributed by atoms with Gasteiger partial charge in [-0.3, -0.25) is 4.79 Å². The average molecular weight is 306 g/mol. The van der Waals surface area contributed by atoms with E-state index >= 15 is 0 Å². The summed E-state index contributed by atoms with van der Waals surface area (Å²) in [6.07, 6.45) is 6.47. The van der Waals surface area contributed by atoms with Crippen LogP contribution in [0.2, 0.25) is 5.02 Å². The first-order valence-corrected chi connectivity index (χ1v) is 8.19. The number of nitrogens with two attached hydrogens (primary N) is 1. The number of carbonyl (C=O) groups is 1. The van der Waals surface area contributed by atoms with Crippen LogP contribution in [-0.4, -0.2) is 18.5 Å². The molecule has 2 fully saturated rings. The highest BCUT2D eigenvalue weighted by molar-refractivity contribution is 6.33. The Balaban J connectivity index is 1.72. The van der Waals surface area contributed by atoms with Crippen LogP contribution in [0, 0.1) is 5.92 Å². The normalized spacial score (nSPS) is 31.0. The second kappa shape index (κ2) is 4.89. The van der Waals surface area contributed by atoms with Crippen LogP contribution in [0.4, 0.5) is 11.4 Å². The zero-order chi connectivity index (χ0) is 14.6. The van der Waals surface area contributed by atoms with Gasteiger partial charge in [-0.15, -0.1) is 0 Å². The van der Waals surface area contributed by atoms with Crippen molar-refractivity contribution in [2.24, 2.45) is 11.7 Å². The highest BCUT2D eigenvalue weighted by Gasteiger charge is 2.37. The SMILES string of the molecule is NC1C(=O)Nc2cc(N3CCCC4CCCC43)c(Cl)cc21. The molecule has 1 amide bonds. The van der Waals surface area contributed by atoms with Gasteiger partial charge in [-0.25, -0.2) is 0 Å². The second-order valence-electron chi connectivity index (χ2n) is 6.45. The molecule has 4 nitrogen and oxygen atoms in total. The molecule has 0 spiro atoms. The predicted octanol–water partition coefficient (Wildman–Crippen LogP) is 3.06. The van der Waals surface area contributed by atoms with E-state index in [1.165, 1.54) is 32.1 Å². The van der Waals surface area contributed by atoms with Crippen molar-refractivity contribution in [2.75, 3.05) is 16.8 Å². The monoisotopic (exact) mass is 305 g/mol. The highest BCUT2D eigenvalue weighted by atomic mass is 35.5. The van der Waals surface area contributed by atoms with Crippen molar-refractivity contribution in [2.45, 2.75) is 44.2 Å². The number of benzene rings is 1. The molecule has 4 rings (SSSR count). The van der Waals surface area contributed by atoms with E-state index in [9.17, 15) is 4.79 Å². The van der Waals surface area contributed by atoms with Crippen molar-refractivity contribution in [1.82, 2.24) is 0 Å². The lowest BCUT2D eigenvalue weighted by Gasteiger charge is -2.40. The molecular formula is C16H20ClN3O. The fraction of sp³-hybridized carbons (Fsp3) is 0.562. The van der Waals surface area contributed by atoms with Gasteiger partial charge in [-0.2, -0.15) is 0 Å². The van der Waals surface area contributed by atoms with Crippen LogP contribution in [0.5, 0.6) is 0 Å². The largest absolute Gasteiger partial charge is 0.367 e. The molecule has 2 aliphatic heterocycles. The van der Waals surface area contributed by atoms with Crippen LogP contribution in [0.1, 0.15) is 43.7 Å². The number of nitrogens with zero attached hydrogens (tertiary/aromatic N) is 1. The number of rotatable bonds is 1. The van der Waals surface area contributed by atoms with Crippen LogP contribution in [0.3, 0.4) is 0 Å². The van der Waals surface area contributed by atoms with Gasteiger partial charge < -0.3 is 16.0 Å². The zero-order valence-electron chi connectivity index (χ0n) is 11.9. The number of anilines is 2. The van der Waals surface area contributed by atoms with Crippen molar-refractivity contribution >= 4 is 28.9 Å². The molecular weight excluding hydrogens is 286 g/mol. The maximum Gasteiger partial charge on any atom is 0.245 e. The third-order valence-corrected chi connectivity index (χ3v) is 5.60. The van der Waals surface area contributed by atoms with E-state index in [0.717, 1.165) is 29.4 Å². The topological polar surface area (TPSA) is 58.4 Å². The van der Waals surface area contributed by atoms with Gasteiger partial charge in [0.25, 0.3) is 0 Å². The minimum Gasteiger partial charge on any atom is -0.367 e. The van der Waals surface area contributed by atoms with Crippen molar-refractivity contribution in [3.8, 4) is 0 Å². The van der Waals surface area contributed by atoms with E-state index in [1.54, 1.807) is 0 Å². The summed E-state index contributed by atoms with van der Waals surface area (Å²) in [5.41, 5.74) is 8.58. The van der Waals surface area contributed by atoms with Crippen LogP contribution in [0.25, 0.3) is 0 Å². The Labute approximate surface area is 129 Å². The van der Waals surface area contributed by atoms with Gasteiger partial charge in [-0.05, 0) is 43.7 Å². The summed E-state index contributed by atoms with van der Waals surface area (Å²) in [4.78, 5) is 14.2. The third kappa shape index (κ3) is 2.04. The smallest absolute Gasteiger partial charge is 0.245 e. The van der Waals surface area contributed by atoms with Crippen molar-refractivity contribution in [1.29, 1.82) is 0 Å². The molecule has 1 aromatic rings. The summed E-state index contributed by atoms with van der Waals surface area (Å²) in [7, 11) is 0. The number of hydrogen-bond donors (Lipinski definition) is 2. The van der Waals surface area contributed by atoms with E-state index < -0.39 is 6.04 Å². The zero-order valence-corrected chi connectivity index (χ0v) is 12.7. The first kappa shape index (κ1) is 13.4. The number of carbonyl (C=O) groups excluding carboxylic acids is 1. The molecule has 1 saturated heterocycles. The summed E-state index contributed by atoms with van der Waals surface area (Å²) in [6, 6.07) is 3.91. The van der Waals surface area contributed by atoms with Crippen molar-refractivity contribution in [3.05, 3.63) is 22.7 Å². The Bertz CT molecular complexity index is 603. The first-order chi connectivity index (χ1) is 10.1. The van der Waals surface area contributed by atoms with E-state index in [4.69, 9.17) is 17.3 Å². The van der Waals surface area contributed by atoms with Gasteiger partial charge in [0.05, 0.1) is 10.7 Å². The minimum absolute atomic E-state index is 0.143. The predicted molar refractivity (Wildman–Crippen MR) is 84.7 cm³/mol.